The Morgan fingerprint density at radius 3 is 2.39 bits per heavy atom. The van der Waals surface area contributed by atoms with Gasteiger partial charge in [-0.2, -0.15) is 0 Å². The SMILES string of the molecule is CCOc1cc(C(=O)N(c2cc(C)ccc2C)C(C)C)c([N+](=O)[O-])cc1OC. The highest BCUT2D eigenvalue weighted by molar-refractivity contribution is 6.10. The number of anilines is 1. The molecule has 1 amide bonds. The predicted molar refractivity (Wildman–Crippen MR) is 109 cm³/mol. The zero-order chi connectivity index (χ0) is 21.0. The van der Waals surface area contributed by atoms with Crippen LogP contribution in [0.2, 0.25) is 0 Å². The van der Waals surface area contributed by atoms with E-state index in [2.05, 4.69) is 0 Å². The number of rotatable bonds is 7. The van der Waals surface area contributed by atoms with Gasteiger partial charge in [0.15, 0.2) is 11.5 Å². The Morgan fingerprint density at radius 1 is 1.18 bits per heavy atom. The maximum atomic E-state index is 13.5. The molecule has 7 nitrogen and oxygen atoms in total. The number of aryl methyl sites for hydroxylation is 2. The molecule has 0 aromatic heterocycles. The molecule has 0 aliphatic rings. The third kappa shape index (κ3) is 4.24. The summed E-state index contributed by atoms with van der Waals surface area (Å²) in [6.07, 6.45) is 0. The van der Waals surface area contributed by atoms with Crippen LogP contribution >= 0.6 is 0 Å². The highest BCUT2D eigenvalue weighted by atomic mass is 16.6. The van der Waals surface area contributed by atoms with E-state index in [4.69, 9.17) is 9.47 Å². The summed E-state index contributed by atoms with van der Waals surface area (Å²) in [5, 5.41) is 11.7. The molecule has 28 heavy (non-hydrogen) atoms. The summed E-state index contributed by atoms with van der Waals surface area (Å²) in [5.41, 5.74) is 2.28. The van der Waals surface area contributed by atoms with Crippen LogP contribution in [0.4, 0.5) is 11.4 Å². The number of ether oxygens (including phenoxy) is 2. The van der Waals surface area contributed by atoms with Gasteiger partial charge in [0, 0.05) is 17.8 Å². The van der Waals surface area contributed by atoms with E-state index >= 15 is 0 Å². The van der Waals surface area contributed by atoms with E-state index < -0.39 is 10.8 Å². The first-order chi connectivity index (χ1) is 13.2. The number of nitrogens with zero attached hydrogens (tertiary/aromatic N) is 2. The first-order valence-corrected chi connectivity index (χ1v) is 9.11. The predicted octanol–water partition coefficient (Wildman–Crippen LogP) is 4.67. The third-order valence-corrected chi connectivity index (χ3v) is 4.37. The van der Waals surface area contributed by atoms with Crippen molar-refractivity contribution < 1.29 is 19.2 Å². The molecule has 0 unspecified atom stereocenters. The molecule has 0 saturated carbocycles. The van der Waals surface area contributed by atoms with Crippen molar-refractivity contribution in [1.29, 1.82) is 0 Å². The van der Waals surface area contributed by atoms with Crippen molar-refractivity contribution in [3.8, 4) is 11.5 Å². The molecule has 0 aliphatic heterocycles. The van der Waals surface area contributed by atoms with Crippen LogP contribution in [0.25, 0.3) is 0 Å². The topological polar surface area (TPSA) is 81.9 Å². The monoisotopic (exact) mass is 386 g/mol. The number of hydrogen-bond acceptors (Lipinski definition) is 5. The van der Waals surface area contributed by atoms with E-state index in [9.17, 15) is 14.9 Å². The zero-order valence-corrected chi connectivity index (χ0v) is 17.1. The van der Waals surface area contributed by atoms with Gasteiger partial charge in [0.05, 0.1) is 24.7 Å². The second-order valence-electron chi connectivity index (χ2n) is 6.77. The Balaban J connectivity index is 2.68. The van der Waals surface area contributed by atoms with Crippen LogP contribution in [0.3, 0.4) is 0 Å². The molecule has 2 rings (SSSR count). The molecule has 0 aliphatic carbocycles. The maximum absolute atomic E-state index is 13.5. The second-order valence-corrected chi connectivity index (χ2v) is 6.77. The summed E-state index contributed by atoms with van der Waals surface area (Å²) in [4.78, 5) is 26.1. The average Bonchev–Trinajstić information content (AvgIpc) is 2.64. The molecule has 0 bridgehead atoms. The van der Waals surface area contributed by atoms with Crippen LogP contribution in [-0.4, -0.2) is 30.6 Å². The minimum Gasteiger partial charge on any atom is -0.493 e. The van der Waals surface area contributed by atoms with E-state index in [-0.39, 0.29) is 23.0 Å². The van der Waals surface area contributed by atoms with Gasteiger partial charge in [-0.25, -0.2) is 0 Å². The molecule has 0 saturated heterocycles. The van der Waals surface area contributed by atoms with Crippen LogP contribution < -0.4 is 14.4 Å². The van der Waals surface area contributed by atoms with Crippen molar-refractivity contribution in [2.75, 3.05) is 18.6 Å². The summed E-state index contributed by atoms with van der Waals surface area (Å²) in [5.74, 6) is 0.0514. The van der Waals surface area contributed by atoms with Gasteiger partial charge in [-0.15, -0.1) is 0 Å². The summed E-state index contributed by atoms with van der Waals surface area (Å²) in [7, 11) is 1.40. The molecule has 0 radical (unpaired) electrons. The lowest BCUT2D eigenvalue weighted by atomic mass is 10.0. The van der Waals surface area contributed by atoms with Gasteiger partial charge >= 0.3 is 0 Å². The first kappa shape index (κ1) is 21.2. The number of benzene rings is 2. The van der Waals surface area contributed by atoms with Gasteiger partial charge in [0.25, 0.3) is 11.6 Å². The molecule has 2 aromatic rings. The molecule has 2 aromatic carbocycles. The Labute approximate surface area is 165 Å². The Morgan fingerprint density at radius 2 is 1.86 bits per heavy atom. The lowest BCUT2D eigenvalue weighted by Crippen LogP contribution is -2.38. The van der Waals surface area contributed by atoms with Gasteiger partial charge in [0.1, 0.15) is 5.56 Å². The normalized spacial score (nSPS) is 10.7. The Kier molecular flexibility index (Phi) is 6.62. The van der Waals surface area contributed by atoms with Crippen molar-refractivity contribution >= 4 is 17.3 Å². The fourth-order valence-corrected chi connectivity index (χ4v) is 3.03. The van der Waals surface area contributed by atoms with E-state index in [0.717, 1.165) is 16.8 Å². The van der Waals surface area contributed by atoms with E-state index in [1.807, 2.05) is 45.9 Å². The number of carbonyl (C=O) groups excluding carboxylic acids is 1. The second kappa shape index (κ2) is 8.73. The molecule has 0 fully saturated rings. The van der Waals surface area contributed by atoms with Crippen LogP contribution in [0.1, 0.15) is 42.3 Å². The molecule has 7 heteroatoms. The average molecular weight is 386 g/mol. The molecule has 0 spiro atoms. The van der Waals surface area contributed by atoms with Crippen LogP contribution in [0, 0.1) is 24.0 Å². The highest BCUT2D eigenvalue weighted by Crippen LogP contribution is 2.36. The number of nitro benzene ring substituents is 1. The smallest absolute Gasteiger partial charge is 0.286 e. The minimum absolute atomic E-state index is 0.0381. The number of methoxy groups -OCH3 is 1. The maximum Gasteiger partial charge on any atom is 0.286 e. The van der Waals surface area contributed by atoms with Gasteiger partial charge in [-0.3, -0.25) is 14.9 Å². The summed E-state index contributed by atoms with van der Waals surface area (Å²) >= 11 is 0. The minimum atomic E-state index is -0.576. The van der Waals surface area contributed by atoms with E-state index in [1.54, 1.807) is 11.8 Å². The lowest BCUT2D eigenvalue weighted by Gasteiger charge is -2.29. The number of carbonyl (C=O) groups is 1. The highest BCUT2D eigenvalue weighted by Gasteiger charge is 2.30. The largest absolute Gasteiger partial charge is 0.493 e. The van der Waals surface area contributed by atoms with Crippen LogP contribution in [0.5, 0.6) is 11.5 Å². The first-order valence-electron chi connectivity index (χ1n) is 9.11. The molecule has 0 heterocycles. The summed E-state index contributed by atoms with van der Waals surface area (Å²) in [6.45, 7) is 9.73. The summed E-state index contributed by atoms with van der Waals surface area (Å²) in [6, 6.07) is 8.23. The molecule has 150 valence electrons. The lowest BCUT2D eigenvalue weighted by molar-refractivity contribution is -0.385. The quantitative estimate of drug-likeness (QED) is 0.510. The van der Waals surface area contributed by atoms with E-state index in [0.29, 0.717) is 12.4 Å². The zero-order valence-electron chi connectivity index (χ0n) is 17.1. The van der Waals surface area contributed by atoms with Crippen molar-refractivity contribution in [3.63, 3.8) is 0 Å². The van der Waals surface area contributed by atoms with Gasteiger partial charge in [-0.05, 0) is 51.8 Å². The van der Waals surface area contributed by atoms with Crippen LogP contribution in [0.15, 0.2) is 30.3 Å². The van der Waals surface area contributed by atoms with Crippen molar-refractivity contribution in [2.24, 2.45) is 0 Å². The molecule has 0 N–H and O–H groups in total. The number of hydrogen-bond donors (Lipinski definition) is 0. The number of nitro groups is 1. The van der Waals surface area contributed by atoms with Crippen LogP contribution in [-0.2, 0) is 0 Å². The third-order valence-electron chi connectivity index (χ3n) is 4.37. The van der Waals surface area contributed by atoms with Crippen molar-refractivity contribution in [1.82, 2.24) is 0 Å². The van der Waals surface area contributed by atoms with Crippen molar-refractivity contribution in [3.05, 3.63) is 57.1 Å². The van der Waals surface area contributed by atoms with Crippen molar-refractivity contribution in [2.45, 2.75) is 40.7 Å². The van der Waals surface area contributed by atoms with Gasteiger partial charge in [-0.1, -0.05) is 12.1 Å². The summed E-state index contributed by atoms with van der Waals surface area (Å²) < 4.78 is 10.7. The molecular weight excluding hydrogens is 360 g/mol. The molecule has 0 atom stereocenters. The van der Waals surface area contributed by atoms with Gasteiger partial charge < -0.3 is 14.4 Å². The fraction of sp³-hybridized carbons (Fsp3) is 0.381. The molecular formula is C21H26N2O5. The number of amides is 1. The van der Waals surface area contributed by atoms with E-state index in [1.165, 1.54) is 19.2 Å². The van der Waals surface area contributed by atoms with Gasteiger partial charge in [0.2, 0.25) is 0 Å². The Hall–Kier alpha value is -3.09. The fourth-order valence-electron chi connectivity index (χ4n) is 3.03. The standard InChI is InChI=1S/C21H26N2O5/c1-7-28-20-11-16(18(23(25)26)12-19(20)27-6)21(24)22(13(2)3)17-10-14(4)8-9-15(17)5/h8-13H,7H2,1-6H3. The Bertz CT molecular complexity index is 893.